The van der Waals surface area contributed by atoms with Gasteiger partial charge in [-0.05, 0) is 22.9 Å². The molecule has 0 spiro atoms. The summed E-state index contributed by atoms with van der Waals surface area (Å²) in [7, 11) is -4.86. The molecular formula is C13H11FO5S. The van der Waals surface area contributed by atoms with Gasteiger partial charge in [0.05, 0.1) is 5.56 Å². The van der Waals surface area contributed by atoms with Gasteiger partial charge in [-0.3, -0.25) is 4.55 Å². The third-order valence-corrected chi connectivity index (χ3v) is 3.44. The molecule has 0 bridgehead atoms. The molecule has 0 heterocycles. The molecular weight excluding hydrogens is 287 g/mol. The summed E-state index contributed by atoms with van der Waals surface area (Å²) in [5, 5.41) is 1.72. The molecule has 2 aromatic rings. The first-order valence-corrected chi connectivity index (χ1v) is 7.14. The first-order chi connectivity index (χ1) is 9.38. The number of benzene rings is 2. The van der Waals surface area contributed by atoms with E-state index in [0.717, 1.165) is 10.8 Å². The van der Waals surface area contributed by atoms with Crippen molar-refractivity contribution < 1.29 is 26.9 Å². The molecule has 20 heavy (non-hydrogen) atoms. The Morgan fingerprint density at radius 1 is 1.20 bits per heavy atom. The van der Waals surface area contributed by atoms with E-state index in [0.29, 0.717) is 0 Å². The van der Waals surface area contributed by atoms with Crippen molar-refractivity contribution in [2.24, 2.45) is 0 Å². The monoisotopic (exact) mass is 298 g/mol. The molecule has 0 aromatic heterocycles. The highest BCUT2D eigenvalue weighted by atomic mass is 32.2. The van der Waals surface area contributed by atoms with Gasteiger partial charge in [0.1, 0.15) is 6.61 Å². The number of esters is 1. The molecule has 1 N–H and O–H groups in total. The van der Waals surface area contributed by atoms with Crippen LogP contribution in [0.1, 0.15) is 10.4 Å². The van der Waals surface area contributed by atoms with Gasteiger partial charge in [0.2, 0.25) is 0 Å². The minimum absolute atomic E-state index is 0.172. The van der Waals surface area contributed by atoms with Crippen LogP contribution in [0.4, 0.5) is 4.39 Å². The van der Waals surface area contributed by atoms with Crippen molar-refractivity contribution in [2.45, 2.75) is 5.50 Å². The number of carbonyl (C=O) groups excluding carboxylic acids is 1. The molecule has 0 fully saturated rings. The van der Waals surface area contributed by atoms with Crippen LogP contribution in [0.25, 0.3) is 10.8 Å². The number of hydrogen-bond donors (Lipinski definition) is 1. The molecule has 7 heteroatoms. The standard InChI is InChI=1S/C13H11FO5S/c14-12(20(16,17)18)8-19-13(15)11-6-5-9-3-1-2-4-10(9)7-11/h1-7,12H,8H2,(H,16,17,18). The van der Waals surface area contributed by atoms with Crippen LogP contribution in [0.2, 0.25) is 0 Å². The van der Waals surface area contributed by atoms with Crippen LogP contribution in [-0.4, -0.2) is 31.1 Å². The lowest BCUT2D eigenvalue weighted by atomic mass is 10.1. The molecule has 2 rings (SSSR count). The van der Waals surface area contributed by atoms with E-state index < -0.39 is 28.2 Å². The fourth-order valence-corrected chi connectivity index (χ4v) is 1.87. The zero-order valence-electron chi connectivity index (χ0n) is 10.2. The lowest BCUT2D eigenvalue weighted by Gasteiger charge is -2.07. The summed E-state index contributed by atoms with van der Waals surface area (Å²) >= 11 is 0. The quantitative estimate of drug-likeness (QED) is 0.691. The van der Waals surface area contributed by atoms with Gasteiger partial charge in [0.25, 0.3) is 5.50 Å². The molecule has 1 atom stereocenters. The zero-order valence-corrected chi connectivity index (χ0v) is 11.0. The molecule has 106 valence electrons. The van der Waals surface area contributed by atoms with E-state index in [4.69, 9.17) is 4.55 Å². The smallest absolute Gasteiger partial charge is 0.338 e. The Kier molecular flexibility index (Phi) is 4.01. The van der Waals surface area contributed by atoms with Crippen molar-refractivity contribution in [2.75, 3.05) is 6.61 Å². The van der Waals surface area contributed by atoms with Gasteiger partial charge in [0.15, 0.2) is 0 Å². The van der Waals surface area contributed by atoms with Crippen LogP contribution in [0.3, 0.4) is 0 Å². The SMILES string of the molecule is O=C(OCC(F)S(=O)(=O)O)c1ccc2ccccc2c1. The Morgan fingerprint density at radius 3 is 2.50 bits per heavy atom. The predicted octanol–water partition coefficient (Wildman–Crippen LogP) is 2.18. The number of ether oxygens (including phenoxy) is 1. The van der Waals surface area contributed by atoms with Crippen molar-refractivity contribution >= 4 is 26.9 Å². The average molecular weight is 298 g/mol. The van der Waals surface area contributed by atoms with Gasteiger partial charge < -0.3 is 4.74 Å². The zero-order chi connectivity index (χ0) is 14.8. The van der Waals surface area contributed by atoms with E-state index in [-0.39, 0.29) is 5.56 Å². The topological polar surface area (TPSA) is 80.7 Å². The molecule has 1 unspecified atom stereocenters. The highest BCUT2D eigenvalue weighted by Crippen LogP contribution is 2.16. The van der Waals surface area contributed by atoms with Crippen molar-refractivity contribution in [1.82, 2.24) is 0 Å². The Labute approximate surface area is 114 Å². The molecule has 0 aliphatic rings. The molecule has 0 saturated carbocycles. The molecule has 0 aliphatic carbocycles. The van der Waals surface area contributed by atoms with Crippen molar-refractivity contribution in [3.63, 3.8) is 0 Å². The molecule has 2 aromatic carbocycles. The summed E-state index contributed by atoms with van der Waals surface area (Å²) in [6, 6.07) is 12.0. The summed E-state index contributed by atoms with van der Waals surface area (Å²) in [4.78, 5) is 11.7. The van der Waals surface area contributed by atoms with Gasteiger partial charge in [-0.1, -0.05) is 30.3 Å². The predicted molar refractivity (Wildman–Crippen MR) is 70.7 cm³/mol. The number of carbonyl (C=O) groups is 1. The Bertz CT molecular complexity index is 741. The number of alkyl halides is 1. The Hall–Kier alpha value is -1.99. The number of fused-ring (bicyclic) bond motifs is 1. The second-order valence-corrected chi connectivity index (χ2v) is 5.63. The third-order valence-electron chi connectivity index (χ3n) is 2.65. The number of halogens is 1. The summed E-state index contributed by atoms with van der Waals surface area (Å²) in [5.74, 6) is -0.859. The maximum atomic E-state index is 12.9. The molecule has 0 radical (unpaired) electrons. The van der Waals surface area contributed by atoms with Gasteiger partial charge in [-0.15, -0.1) is 0 Å². The van der Waals surface area contributed by atoms with Gasteiger partial charge in [-0.25, -0.2) is 9.18 Å². The van der Waals surface area contributed by atoms with E-state index in [1.165, 1.54) is 6.07 Å². The second kappa shape index (κ2) is 5.56. The van der Waals surface area contributed by atoms with Crippen molar-refractivity contribution in [3.05, 3.63) is 48.0 Å². The van der Waals surface area contributed by atoms with Crippen LogP contribution in [0.5, 0.6) is 0 Å². The maximum Gasteiger partial charge on any atom is 0.338 e. The van der Waals surface area contributed by atoms with E-state index >= 15 is 0 Å². The van der Waals surface area contributed by atoms with Crippen LogP contribution in [-0.2, 0) is 14.9 Å². The lowest BCUT2D eigenvalue weighted by Crippen LogP contribution is -2.23. The summed E-state index contributed by atoms with van der Waals surface area (Å²) in [6.45, 7) is -1.05. The second-order valence-electron chi connectivity index (χ2n) is 4.09. The minimum Gasteiger partial charge on any atom is -0.458 e. The third kappa shape index (κ3) is 3.31. The highest BCUT2D eigenvalue weighted by Gasteiger charge is 2.24. The van der Waals surface area contributed by atoms with Crippen LogP contribution >= 0.6 is 0 Å². The summed E-state index contributed by atoms with van der Waals surface area (Å²) in [6.07, 6.45) is 0. The van der Waals surface area contributed by atoms with Crippen LogP contribution < -0.4 is 0 Å². The highest BCUT2D eigenvalue weighted by molar-refractivity contribution is 7.86. The first kappa shape index (κ1) is 14.4. The number of rotatable bonds is 4. The van der Waals surface area contributed by atoms with E-state index in [1.807, 2.05) is 12.1 Å². The summed E-state index contributed by atoms with van der Waals surface area (Å²) < 4.78 is 46.7. The Balaban J connectivity index is 2.12. The fraction of sp³-hybridized carbons (Fsp3) is 0.154. The van der Waals surface area contributed by atoms with E-state index in [9.17, 15) is 17.6 Å². The minimum atomic E-state index is -4.86. The Morgan fingerprint density at radius 2 is 1.85 bits per heavy atom. The number of hydrogen-bond acceptors (Lipinski definition) is 4. The molecule has 5 nitrogen and oxygen atoms in total. The largest absolute Gasteiger partial charge is 0.458 e. The van der Waals surface area contributed by atoms with Gasteiger partial charge >= 0.3 is 16.1 Å². The normalized spacial score (nSPS) is 13.1. The molecule has 0 aliphatic heterocycles. The van der Waals surface area contributed by atoms with Crippen molar-refractivity contribution in [3.8, 4) is 0 Å². The van der Waals surface area contributed by atoms with Gasteiger partial charge in [0, 0.05) is 0 Å². The fourth-order valence-electron chi connectivity index (χ4n) is 1.63. The molecule has 0 saturated heterocycles. The first-order valence-electron chi connectivity index (χ1n) is 5.64. The summed E-state index contributed by atoms with van der Waals surface area (Å²) in [5.41, 5.74) is -2.47. The maximum absolute atomic E-state index is 12.9. The lowest BCUT2D eigenvalue weighted by molar-refractivity contribution is 0.0453. The van der Waals surface area contributed by atoms with Crippen LogP contribution in [0.15, 0.2) is 42.5 Å². The average Bonchev–Trinajstić information content (AvgIpc) is 2.42. The van der Waals surface area contributed by atoms with Gasteiger partial charge in [-0.2, -0.15) is 8.42 Å². The molecule has 0 amide bonds. The van der Waals surface area contributed by atoms with E-state index in [2.05, 4.69) is 4.74 Å². The van der Waals surface area contributed by atoms with Crippen molar-refractivity contribution in [1.29, 1.82) is 0 Å². The van der Waals surface area contributed by atoms with Crippen LogP contribution in [0, 0.1) is 0 Å². The van der Waals surface area contributed by atoms with E-state index in [1.54, 1.807) is 24.3 Å².